The Morgan fingerprint density at radius 1 is 1.05 bits per heavy atom. The summed E-state index contributed by atoms with van der Waals surface area (Å²) in [6.45, 7) is 0. The van der Waals surface area contributed by atoms with Gasteiger partial charge in [-0.05, 0) is 23.8 Å². The molecule has 0 spiro atoms. The molecule has 0 saturated heterocycles. The van der Waals surface area contributed by atoms with Gasteiger partial charge in [-0.25, -0.2) is 9.18 Å². The van der Waals surface area contributed by atoms with Gasteiger partial charge in [0.1, 0.15) is 11.5 Å². The number of nitrogens with zero attached hydrogens (tertiary/aromatic N) is 1. The molecule has 0 amide bonds. The fraction of sp³-hybridized carbons (Fsp3) is 0. The van der Waals surface area contributed by atoms with Crippen LogP contribution < -0.4 is 0 Å². The monoisotopic (exact) mass is 283 g/mol. The molecule has 0 unspecified atom stereocenters. The molecule has 0 aliphatic rings. The van der Waals surface area contributed by atoms with Gasteiger partial charge in [-0.15, -0.1) is 0 Å². The number of aromatic carboxylic acids is 1. The Hall–Kier alpha value is -2.95. The number of aromatic nitrogens is 1. The Kier molecular flexibility index (Phi) is 3.23. The minimum Gasteiger partial charge on any atom is -0.475 e. The SMILES string of the molecule is O=C(O)c1cc(-c2ccc(F)c(-c3ccccc3)c2)no1. The van der Waals surface area contributed by atoms with Crippen LogP contribution in [0, 0.1) is 5.82 Å². The standard InChI is InChI=1S/C16H10FNO3/c17-13-7-6-11(14-9-15(16(19)20)21-18-14)8-12(13)10-4-2-1-3-5-10/h1-9H,(H,19,20). The maximum absolute atomic E-state index is 14.0. The second-order valence-corrected chi connectivity index (χ2v) is 4.44. The van der Waals surface area contributed by atoms with Gasteiger partial charge in [0.15, 0.2) is 0 Å². The third kappa shape index (κ3) is 2.53. The molecule has 5 heteroatoms. The van der Waals surface area contributed by atoms with Gasteiger partial charge in [0.2, 0.25) is 5.76 Å². The fourth-order valence-corrected chi connectivity index (χ4v) is 2.04. The predicted molar refractivity (Wildman–Crippen MR) is 74.3 cm³/mol. The first-order valence-electron chi connectivity index (χ1n) is 6.20. The van der Waals surface area contributed by atoms with Crippen LogP contribution in [0.15, 0.2) is 59.1 Å². The van der Waals surface area contributed by atoms with E-state index in [9.17, 15) is 9.18 Å². The van der Waals surface area contributed by atoms with Crippen molar-refractivity contribution in [3.8, 4) is 22.4 Å². The summed E-state index contributed by atoms with van der Waals surface area (Å²) in [5.74, 6) is -1.80. The third-order valence-corrected chi connectivity index (χ3v) is 3.07. The van der Waals surface area contributed by atoms with Crippen LogP contribution in [-0.4, -0.2) is 16.2 Å². The van der Waals surface area contributed by atoms with Gasteiger partial charge in [0, 0.05) is 17.2 Å². The van der Waals surface area contributed by atoms with E-state index in [1.54, 1.807) is 18.2 Å². The molecule has 0 aliphatic carbocycles. The molecule has 21 heavy (non-hydrogen) atoms. The molecule has 104 valence electrons. The Labute approximate surface area is 119 Å². The fourth-order valence-electron chi connectivity index (χ4n) is 2.04. The van der Waals surface area contributed by atoms with Crippen molar-refractivity contribution in [1.82, 2.24) is 5.16 Å². The first-order valence-corrected chi connectivity index (χ1v) is 6.20. The smallest absolute Gasteiger partial charge is 0.374 e. The number of carboxylic acid groups (broad SMARTS) is 1. The van der Waals surface area contributed by atoms with Crippen molar-refractivity contribution in [3.05, 3.63) is 66.2 Å². The van der Waals surface area contributed by atoms with E-state index in [1.165, 1.54) is 18.2 Å². The Bertz CT molecular complexity index is 796. The summed E-state index contributed by atoms with van der Waals surface area (Å²) in [6.07, 6.45) is 0. The van der Waals surface area contributed by atoms with Crippen LogP contribution in [0.1, 0.15) is 10.6 Å². The number of carbonyl (C=O) groups is 1. The molecule has 0 saturated carbocycles. The minimum absolute atomic E-state index is 0.254. The van der Waals surface area contributed by atoms with E-state index in [2.05, 4.69) is 5.16 Å². The maximum Gasteiger partial charge on any atom is 0.374 e. The highest BCUT2D eigenvalue weighted by atomic mass is 19.1. The van der Waals surface area contributed by atoms with E-state index >= 15 is 0 Å². The molecule has 0 fully saturated rings. The first-order chi connectivity index (χ1) is 10.1. The maximum atomic E-state index is 14.0. The Morgan fingerprint density at radius 2 is 1.81 bits per heavy atom. The summed E-state index contributed by atoms with van der Waals surface area (Å²) in [7, 11) is 0. The lowest BCUT2D eigenvalue weighted by Crippen LogP contribution is -1.91. The number of hydrogen-bond donors (Lipinski definition) is 1. The highest BCUT2D eigenvalue weighted by Crippen LogP contribution is 2.28. The van der Waals surface area contributed by atoms with E-state index in [0.29, 0.717) is 16.8 Å². The summed E-state index contributed by atoms with van der Waals surface area (Å²) < 4.78 is 18.7. The van der Waals surface area contributed by atoms with Gasteiger partial charge < -0.3 is 9.63 Å². The van der Waals surface area contributed by atoms with Gasteiger partial charge in [-0.1, -0.05) is 35.5 Å². The molecular weight excluding hydrogens is 273 g/mol. The molecule has 3 rings (SSSR count). The Balaban J connectivity index is 2.07. The molecule has 0 bridgehead atoms. The molecule has 0 aliphatic heterocycles. The topological polar surface area (TPSA) is 63.3 Å². The van der Waals surface area contributed by atoms with Crippen LogP contribution in [0.2, 0.25) is 0 Å². The molecule has 3 aromatic rings. The number of benzene rings is 2. The highest BCUT2D eigenvalue weighted by Gasteiger charge is 2.14. The van der Waals surface area contributed by atoms with Crippen molar-refractivity contribution >= 4 is 5.97 Å². The lowest BCUT2D eigenvalue weighted by atomic mass is 10.0. The molecule has 0 radical (unpaired) electrons. The molecule has 0 atom stereocenters. The zero-order valence-corrected chi connectivity index (χ0v) is 10.8. The molecule has 1 N–H and O–H groups in total. The minimum atomic E-state index is -1.20. The van der Waals surface area contributed by atoms with Crippen molar-refractivity contribution in [2.45, 2.75) is 0 Å². The van der Waals surface area contributed by atoms with Crippen LogP contribution in [0.5, 0.6) is 0 Å². The van der Waals surface area contributed by atoms with Gasteiger partial charge in [0.25, 0.3) is 0 Å². The average Bonchev–Trinajstić information content (AvgIpc) is 2.99. The van der Waals surface area contributed by atoms with Crippen molar-refractivity contribution in [1.29, 1.82) is 0 Å². The summed E-state index contributed by atoms with van der Waals surface area (Å²) in [6, 6.07) is 14.9. The summed E-state index contributed by atoms with van der Waals surface area (Å²) in [4.78, 5) is 10.8. The van der Waals surface area contributed by atoms with E-state index in [4.69, 9.17) is 9.63 Å². The van der Waals surface area contributed by atoms with Gasteiger partial charge in [-0.2, -0.15) is 0 Å². The van der Waals surface area contributed by atoms with Gasteiger partial charge >= 0.3 is 5.97 Å². The van der Waals surface area contributed by atoms with Crippen molar-refractivity contribution in [3.63, 3.8) is 0 Å². The largest absolute Gasteiger partial charge is 0.475 e. The second-order valence-electron chi connectivity index (χ2n) is 4.44. The van der Waals surface area contributed by atoms with Crippen molar-refractivity contribution in [2.75, 3.05) is 0 Å². The zero-order chi connectivity index (χ0) is 14.8. The van der Waals surface area contributed by atoms with Crippen LogP contribution >= 0.6 is 0 Å². The Morgan fingerprint density at radius 3 is 2.48 bits per heavy atom. The number of halogens is 1. The molecule has 1 aromatic heterocycles. The zero-order valence-electron chi connectivity index (χ0n) is 10.8. The van der Waals surface area contributed by atoms with Crippen molar-refractivity contribution in [2.24, 2.45) is 0 Å². The molecule has 1 heterocycles. The van der Waals surface area contributed by atoms with Gasteiger partial charge in [0.05, 0.1) is 0 Å². The van der Waals surface area contributed by atoms with Crippen LogP contribution in [0.4, 0.5) is 4.39 Å². The lowest BCUT2D eigenvalue weighted by molar-refractivity contribution is 0.0652. The van der Waals surface area contributed by atoms with E-state index in [1.807, 2.05) is 18.2 Å². The highest BCUT2D eigenvalue weighted by molar-refractivity contribution is 5.86. The quantitative estimate of drug-likeness (QED) is 0.793. The number of hydrogen-bond acceptors (Lipinski definition) is 3. The summed E-state index contributed by atoms with van der Waals surface area (Å²) in [5.41, 5.74) is 2.10. The summed E-state index contributed by atoms with van der Waals surface area (Å²) in [5, 5.41) is 12.5. The second kappa shape index (κ2) is 5.20. The van der Waals surface area contributed by atoms with E-state index < -0.39 is 5.97 Å². The van der Waals surface area contributed by atoms with Gasteiger partial charge in [-0.3, -0.25) is 0 Å². The lowest BCUT2D eigenvalue weighted by Gasteiger charge is -2.05. The van der Waals surface area contributed by atoms with Crippen LogP contribution in [-0.2, 0) is 0 Å². The molecular formula is C16H10FNO3. The number of carboxylic acids is 1. The first kappa shape index (κ1) is 13.1. The predicted octanol–water partition coefficient (Wildman–Crippen LogP) is 3.85. The van der Waals surface area contributed by atoms with Crippen molar-refractivity contribution < 1.29 is 18.8 Å². The number of rotatable bonds is 3. The average molecular weight is 283 g/mol. The van der Waals surface area contributed by atoms with E-state index in [-0.39, 0.29) is 11.6 Å². The third-order valence-electron chi connectivity index (χ3n) is 3.07. The normalized spacial score (nSPS) is 10.5. The van der Waals surface area contributed by atoms with Crippen LogP contribution in [0.3, 0.4) is 0 Å². The summed E-state index contributed by atoms with van der Waals surface area (Å²) >= 11 is 0. The van der Waals surface area contributed by atoms with E-state index in [0.717, 1.165) is 5.56 Å². The van der Waals surface area contributed by atoms with Crippen LogP contribution in [0.25, 0.3) is 22.4 Å². The molecule has 4 nitrogen and oxygen atoms in total. The molecule has 2 aromatic carbocycles.